The van der Waals surface area contributed by atoms with Crippen molar-refractivity contribution >= 4 is 23.4 Å². The van der Waals surface area contributed by atoms with Crippen molar-refractivity contribution in [2.45, 2.75) is 49.3 Å². The molecule has 3 N–H and O–H groups in total. The van der Waals surface area contributed by atoms with Gasteiger partial charge in [0.1, 0.15) is 7.85 Å². The van der Waals surface area contributed by atoms with Crippen LogP contribution in [-0.2, 0) is 18.6 Å². The monoisotopic (exact) mass is 342 g/mol. The molecule has 1 saturated carbocycles. The predicted molar refractivity (Wildman–Crippen MR) is 88.7 cm³/mol. The zero-order valence-corrected chi connectivity index (χ0v) is 14.6. The molecular weight excluding hydrogens is 317 g/mol. The molecule has 1 heterocycles. The second-order valence-corrected chi connectivity index (χ2v) is 7.90. The Morgan fingerprint density at radius 1 is 1.26 bits per heavy atom. The molecule has 1 aliphatic heterocycles. The van der Waals surface area contributed by atoms with Crippen molar-refractivity contribution in [1.29, 1.82) is 0 Å². The van der Waals surface area contributed by atoms with Crippen LogP contribution in [0, 0.1) is 5.92 Å². The number of methoxy groups -OCH3 is 1. The first-order chi connectivity index (χ1) is 10.8. The van der Waals surface area contributed by atoms with Gasteiger partial charge in [0.25, 0.3) is 0 Å². The smallest absolute Gasteiger partial charge is 0.384 e. The minimum atomic E-state index is -3.95. The van der Waals surface area contributed by atoms with E-state index in [1.807, 2.05) is 0 Å². The Morgan fingerprint density at radius 2 is 2.00 bits per heavy atom. The number of likely N-dealkylation sites (N-methyl/N-ethyl adjacent to an activating group) is 1. The molecule has 0 amide bonds. The third-order valence-corrected chi connectivity index (χ3v) is 5.67. The summed E-state index contributed by atoms with van der Waals surface area (Å²) in [5, 5.41) is 5.78. The zero-order chi connectivity index (χ0) is 17.0. The predicted octanol–water partition coefficient (Wildman–Crippen LogP) is -0.0535. The van der Waals surface area contributed by atoms with Crippen LogP contribution in [0.15, 0.2) is 0 Å². The molecule has 23 heavy (non-hydrogen) atoms. The zero-order valence-electron chi connectivity index (χ0n) is 13.7. The van der Waals surface area contributed by atoms with Crippen molar-refractivity contribution in [2.75, 3.05) is 27.4 Å². The summed E-state index contributed by atoms with van der Waals surface area (Å²) < 4.78 is 28.2. The van der Waals surface area contributed by atoms with Gasteiger partial charge in [-0.25, -0.2) is 9.65 Å². The van der Waals surface area contributed by atoms with E-state index in [0.29, 0.717) is 19.4 Å². The number of nitrogens with one attached hydrogen (secondary N) is 2. The van der Waals surface area contributed by atoms with Gasteiger partial charge in [-0.2, -0.15) is 0 Å². The molecule has 0 aromatic carbocycles. The average Bonchev–Trinajstić information content (AvgIpc) is 2.99. The maximum atomic E-state index is 12.3. The maximum Gasteiger partial charge on any atom is 0.403 e. The third-order valence-electron chi connectivity index (χ3n) is 4.51. The lowest BCUT2D eigenvalue weighted by molar-refractivity contribution is 0.0371. The molecule has 0 bridgehead atoms. The van der Waals surface area contributed by atoms with Crippen LogP contribution in [0.2, 0.25) is 5.82 Å². The van der Waals surface area contributed by atoms with E-state index in [4.69, 9.17) is 29.7 Å². The molecule has 7 nitrogen and oxygen atoms in total. The molecule has 2 rings (SSSR count). The van der Waals surface area contributed by atoms with E-state index in [2.05, 4.69) is 10.4 Å². The van der Waals surface area contributed by atoms with Crippen LogP contribution >= 0.6 is 7.75 Å². The molecule has 0 aromatic heterocycles. The standard InChI is InChI=1S/C13H25B2N2O5P/c1-16-11-5-13(15)22-12(11)7-21-23(18,19)17-10-4-9(14)3-8(10)6-20-2/h8-13,16H,3-7H2,1-2H3,(H2,17,18,19)/t8-,9-,10+,11+,12-,13-/m1/s1. The first-order valence-electron chi connectivity index (χ1n) is 7.92. The number of ether oxygens (including phenoxy) is 2. The number of hydrogen-bond donors (Lipinski definition) is 3. The van der Waals surface area contributed by atoms with E-state index in [9.17, 15) is 9.46 Å². The summed E-state index contributed by atoms with van der Waals surface area (Å²) in [6.45, 7) is 0.488. The summed E-state index contributed by atoms with van der Waals surface area (Å²) in [6.07, 6.45) is 1.67. The molecule has 4 radical (unpaired) electrons. The highest BCUT2D eigenvalue weighted by atomic mass is 31.2. The number of rotatable bonds is 8. The van der Waals surface area contributed by atoms with Crippen LogP contribution in [0.25, 0.3) is 0 Å². The molecule has 10 heteroatoms. The van der Waals surface area contributed by atoms with E-state index < -0.39 is 7.75 Å². The van der Waals surface area contributed by atoms with Gasteiger partial charge in [0.15, 0.2) is 0 Å². The van der Waals surface area contributed by atoms with Crippen molar-refractivity contribution in [3.8, 4) is 0 Å². The van der Waals surface area contributed by atoms with E-state index in [-0.39, 0.29) is 42.5 Å². The molecule has 2 aliphatic rings. The largest absolute Gasteiger partial charge is 0.403 e. The molecule has 1 aliphatic carbocycles. The van der Waals surface area contributed by atoms with Gasteiger partial charge >= 0.3 is 7.75 Å². The van der Waals surface area contributed by atoms with Gasteiger partial charge in [-0.05, 0) is 25.8 Å². The van der Waals surface area contributed by atoms with Gasteiger partial charge in [0, 0.05) is 25.2 Å². The minimum Gasteiger partial charge on any atom is -0.384 e. The molecule has 128 valence electrons. The normalized spacial score (nSPS) is 40.3. The fraction of sp³-hybridized carbons (Fsp3) is 1.00. The van der Waals surface area contributed by atoms with Gasteiger partial charge < -0.3 is 19.7 Å². The Balaban J connectivity index is 1.85. The van der Waals surface area contributed by atoms with Gasteiger partial charge in [-0.15, -0.1) is 0 Å². The fourth-order valence-corrected chi connectivity index (χ4v) is 4.54. The van der Waals surface area contributed by atoms with Crippen molar-refractivity contribution in [3.05, 3.63) is 0 Å². The Bertz CT molecular complexity index is 433. The summed E-state index contributed by atoms with van der Waals surface area (Å²) in [5.74, 6) is 0.0952. The van der Waals surface area contributed by atoms with Crippen molar-refractivity contribution in [2.24, 2.45) is 5.92 Å². The van der Waals surface area contributed by atoms with Crippen molar-refractivity contribution in [1.82, 2.24) is 10.4 Å². The molecule has 0 spiro atoms. The molecule has 1 unspecified atom stereocenters. The topological polar surface area (TPSA) is 89.1 Å². The highest BCUT2D eigenvalue weighted by molar-refractivity contribution is 7.50. The van der Waals surface area contributed by atoms with Gasteiger partial charge in [0.2, 0.25) is 0 Å². The Labute approximate surface area is 140 Å². The maximum absolute atomic E-state index is 12.3. The lowest BCUT2D eigenvalue weighted by Crippen LogP contribution is -2.38. The summed E-state index contributed by atoms with van der Waals surface area (Å²) in [5.41, 5.74) is 0. The lowest BCUT2D eigenvalue weighted by atomic mass is 9.85. The third kappa shape index (κ3) is 5.56. The van der Waals surface area contributed by atoms with E-state index in [1.54, 1.807) is 14.2 Å². The Hall–Kier alpha value is 0.120. The number of hydrogen-bond acceptors (Lipinski definition) is 5. The van der Waals surface area contributed by atoms with Crippen LogP contribution in [-0.4, -0.2) is 72.1 Å². The Morgan fingerprint density at radius 3 is 2.65 bits per heavy atom. The van der Waals surface area contributed by atoms with Gasteiger partial charge in [0.05, 0.1) is 27.2 Å². The van der Waals surface area contributed by atoms with Gasteiger partial charge in [-0.1, -0.05) is 12.2 Å². The van der Waals surface area contributed by atoms with E-state index in [0.717, 1.165) is 6.42 Å². The molecule has 0 aromatic rings. The van der Waals surface area contributed by atoms with Gasteiger partial charge in [-0.3, -0.25) is 4.52 Å². The van der Waals surface area contributed by atoms with Crippen LogP contribution in [0.4, 0.5) is 0 Å². The molecule has 2 fully saturated rings. The second-order valence-electron chi connectivity index (χ2n) is 6.34. The van der Waals surface area contributed by atoms with Crippen molar-refractivity contribution < 1.29 is 23.5 Å². The SMILES string of the molecule is [B][C@@H]1C[C@H](COC)[C@@H](NP(=O)(O)OC[C@H]2O[C@@H]([B])C[C@@H]2NC)C1. The van der Waals surface area contributed by atoms with Crippen LogP contribution in [0.5, 0.6) is 0 Å². The Kier molecular flexibility index (Phi) is 7.17. The average molecular weight is 342 g/mol. The second kappa shape index (κ2) is 8.48. The van der Waals surface area contributed by atoms with Crippen LogP contribution < -0.4 is 10.4 Å². The lowest BCUT2D eigenvalue weighted by Gasteiger charge is -2.25. The highest BCUT2D eigenvalue weighted by Crippen LogP contribution is 2.44. The van der Waals surface area contributed by atoms with Crippen molar-refractivity contribution in [3.63, 3.8) is 0 Å². The van der Waals surface area contributed by atoms with Crippen LogP contribution in [0.1, 0.15) is 19.3 Å². The summed E-state index contributed by atoms with van der Waals surface area (Å²) in [6, 6.07) is -0.579. The summed E-state index contributed by atoms with van der Waals surface area (Å²) in [4.78, 5) is 10.1. The molecule has 7 atom stereocenters. The summed E-state index contributed by atoms with van der Waals surface area (Å²) in [7, 11) is 11.1. The highest BCUT2D eigenvalue weighted by Gasteiger charge is 2.38. The first-order valence-corrected chi connectivity index (χ1v) is 9.50. The minimum absolute atomic E-state index is 0.00233. The fourth-order valence-electron chi connectivity index (χ4n) is 3.38. The quantitative estimate of drug-likeness (QED) is 0.421. The summed E-state index contributed by atoms with van der Waals surface area (Å²) >= 11 is 0. The first kappa shape index (κ1) is 19.4. The molecule has 1 saturated heterocycles. The van der Waals surface area contributed by atoms with E-state index in [1.165, 1.54) is 0 Å². The molecular formula is C13H25B2N2O5P. The van der Waals surface area contributed by atoms with E-state index >= 15 is 0 Å². The van der Waals surface area contributed by atoms with Crippen LogP contribution in [0.3, 0.4) is 0 Å².